The summed E-state index contributed by atoms with van der Waals surface area (Å²) >= 11 is 5.65. The second kappa shape index (κ2) is 30.2. The van der Waals surface area contributed by atoms with E-state index in [1.165, 1.54) is 151 Å². The van der Waals surface area contributed by atoms with E-state index in [1.807, 2.05) is 34.9 Å². The fourth-order valence-electron chi connectivity index (χ4n) is 26.9. The Morgan fingerprint density at radius 1 is 0.181 bits per heavy atom. The highest BCUT2D eigenvalue weighted by molar-refractivity contribution is 7.99. The van der Waals surface area contributed by atoms with E-state index in [9.17, 15) is 0 Å². The van der Waals surface area contributed by atoms with Crippen LogP contribution in [0.5, 0.6) is 23.0 Å². The van der Waals surface area contributed by atoms with Crippen molar-refractivity contribution in [3.8, 4) is 101 Å². The lowest BCUT2D eigenvalue weighted by atomic mass is 9.66. The van der Waals surface area contributed by atoms with E-state index in [0.29, 0.717) is 0 Å². The van der Waals surface area contributed by atoms with E-state index in [1.54, 1.807) is 0 Å². The molecule has 0 fully saturated rings. The average Bonchev–Trinajstić information content (AvgIpc) is 1.52. The number of thiophene rings is 1. The van der Waals surface area contributed by atoms with Crippen LogP contribution in [0.3, 0.4) is 0 Å². The summed E-state index contributed by atoms with van der Waals surface area (Å²) < 4.78 is 23.7. The van der Waals surface area contributed by atoms with Crippen LogP contribution in [-0.4, -0.2) is 0 Å². The number of fused-ring (bicyclic) bond motifs is 42. The van der Waals surface area contributed by atoms with Crippen LogP contribution in [0.4, 0.5) is 34.1 Å². The second-order valence-electron chi connectivity index (χ2n) is 39.2. The standard InChI is InChI=1S/C136H80N2O3S3/c1-10-41-100-90(33-1)91-34-2-11-42-101(91)133(100)108-47-16-22-55-120(108)140-122-70-64-84(77-112(122)133)81-30-27-31-86(74-81)137(117-52-28-57-124-131(117)96-39-8-21-54-119(96)139-124)87-66-71-123-113(79-87)134(109-48-17-23-56-121(109)141-123)104-45-14-5-37-94(104)98-75-82(62-68-106(98)134)83-63-69-107-99(76-83)95-38-6-15-46-105(95)136(107)111-50-19-26-60-127(111)144-129-73-67-88(80-115(129)136)138(118-53-29-61-130-132(118)97-40-9-24-58-125(97)142-130)116-51-20-7-32-89(116)85-65-72-128-114(78-85)135(110-49-18-25-59-126(110)143-128)102-43-12-3-35-92(102)93-36-4-13-44-103(93)135/h1-80H. The molecule has 0 saturated carbocycles. The van der Waals surface area contributed by atoms with E-state index in [-0.39, 0.29) is 0 Å². The predicted molar refractivity (Wildman–Crippen MR) is 590 cm³/mol. The summed E-state index contributed by atoms with van der Waals surface area (Å²) in [6.45, 7) is 0. The highest BCUT2D eigenvalue weighted by Gasteiger charge is 2.57. The number of hydrogen-bond donors (Lipinski definition) is 0. The van der Waals surface area contributed by atoms with E-state index < -0.39 is 21.7 Å². The molecule has 2 unspecified atom stereocenters. The number of hydrogen-bond acceptors (Lipinski definition) is 8. The first-order valence-electron chi connectivity index (χ1n) is 49.5. The monoisotopic (exact) mass is 1880 g/mol. The number of furan rings is 1. The largest absolute Gasteiger partial charge is 0.457 e. The molecule has 5 nitrogen and oxygen atoms in total. The first kappa shape index (κ1) is 80.6. The third-order valence-electron chi connectivity index (χ3n) is 32.5. The average molecular weight is 1890 g/mol. The zero-order chi connectivity index (χ0) is 94.0. The van der Waals surface area contributed by atoms with Gasteiger partial charge in [-0.1, -0.05) is 357 Å². The van der Waals surface area contributed by atoms with E-state index in [2.05, 4.69) is 495 Å². The Morgan fingerprint density at radius 3 is 1.13 bits per heavy atom. The molecule has 0 saturated heterocycles. The van der Waals surface area contributed by atoms with Crippen LogP contribution in [0.2, 0.25) is 0 Å². The van der Waals surface area contributed by atoms with Gasteiger partial charge in [-0.2, -0.15) is 0 Å². The Balaban J connectivity index is 0.551. The number of rotatable bonds is 9. The summed E-state index contributed by atoms with van der Waals surface area (Å²) in [6.07, 6.45) is 0. The van der Waals surface area contributed by atoms with Crippen molar-refractivity contribution in [3.05, 3.63) is 574 Å². The van der Waals surface area contributed by atoms with Crippen molar-refractivity contribution >= 4 is 111 Å². The summed E-state index contributed by atoms with van der Waals surface area (Å²) in [5.74, 6) is 3.34. The Labute approximate surface area is 844 Å². The lowest BCUT2D eigenvalue weighted by Gasteiger charge is -2.41. The van der Waals surface area contributed by atoms with Gasteiger partial charge < -0.3 is 23.7 Å². The van der Waals surface area contributed by atoms with Crippen LogP contribution in [0.25, 0.3) is 120 Å². The van der Waals surface area contributed by atoms with Crippen molar-refractivity contribution in [1.29, 1.82) is 0 Å². The van der Waals surface area contributed by atoms with E-state index in [0.717, 1.165) is 135 Å². The number of ether oxygens (including phenoxy) is 2. The van der Waals surface area contributed by atoms with Crippen molar-refractivity contribution in [1.82, 2.24) is 0 Å². The lowest BCUT2D eigenvalue weighted by molar-refractivity contribution is 0.436. The van der Waals surface area contributed by atoms with Gasteiger partial charge in [-0.15, -0.1) is 11.3 Å². The van der Waals surface area contributed by atoms with Crippen LogP contribution < -0.4 is 19.3 Å². The maximum Gasteiger partial charge on any atom is 0.137 e. The van der Waals surface area contributed by atoms with Crippen LogP contribution in [0.15, 0.2) is 509 Å². The van der Waals surface area contributed by atoms with Gasteiger partial charge in [0.1, 0.15) is 34.2 Å². The maximum atomic E-state index is 7.35. The minimum atomic E-state index is -0.847. The SMILES string of the molecule is c1cc(-c2ccc3c(c2)C2(c4ccccc4O3)c3ccccc3-c3ccccc32)cc(N(c2ccc3c(c2)C2(c4ccccc4O3)c3ccccc3-c3cc(-c4ccc5c(c4)-c4ccccc4C54c5ccccc5Sc5ccc(N(c6ccccc6-c6ccc7c(c6)C6(c8ccccc8S7)c7ccccc7-c7ccccc76)c6cccc7sc8ccccc8c67)cc54)ccc32)c2cccc3oc4ccccc4c23)c1. The summed E-state index contributed by atoms with van der Waals surface area (Å²) in [5.41, 5.74) is 41.3. The molecule has 4 aliphatic heterocycles. The first-order chi connectivity index (χ1) is 71.4. The highest BCUT2D eigenvalue weighted by Crippen LogP contribution is 2.70. The Morgan fingerprint density at radius 2 is 0.535 bits per heavy atom. The van der Waals surface area contributed by atoms with Crippen LogP contribution in [-0.2, 0) is 21.7 Å². The number of anilines is 6. The molecule has 4 aliphatic carbocycles. The van der Waals surface area contributed by atoms with E-state index >= 15 is 0 Å². The zero-order valence-corrected chi connectivity index (χ0v) is 80.0. The molecule has 24 aromatic rings. The zero-order valence-electron chi connectivity index (χ0n) is 77.5. The van der Waals surface area contributed by atoms with Gasteiger partial charge in [0.15, 0.2) is 0 Å². The third kappa shape index (κ3) is 10.7. The van der Waals surface area contributed by atoms with Crippen molar-refractivity contribution in [2.75, 3.05) is 9.80 Å². The molecule has 0 N–H and O–H groups in total. The van der Waals surface area contributed by atoms with Crippen molar-refractivity contribution < 1.29 is 13.9 Å². The molecular weight excluding hydrogens is 1810 g/mol. The number of nitrogens with zero attached hydrogens (tertiary/aromatic N) is 2. The molecule has 2 aromatic heterocycles. The summed E-state index contributed by atoms with van der Waals surface area (Å²) in [4.78, 5) is 10.1. The Bertz CT molecular complexity index is 9690. The predicted octanol–water partition coefficient (Wildman–Crippen LogP) is 36.5. The fourth-order valence-corrected chi connectivity index (χ4v) is 30.4. The molecule has 6 heterocycles. The Hall–Kier alpha value is -17.2. The molecule has 0 amide bonds. The highest BCUT2D eigenvalue weighted by atomic mass is 32.2. The lowest BCUT2D eigenvalue weighted by Crippen LogP contribution is -2.32. The van der Waals surface area contributed by atoms with Gasteiger partial charge in [0.25, 0.3) is 0 Å². The summed E-state index contributed by atoms with van der Waals surface area (Å²) in [6, 6.07) is 183. The molecule has 8 heteroatoms. The van der Waals surface area contributed by atoms with Gasteiger partial charge >= 0.3 is 0 Å². The second-order valence-corrected chi connectivity index (χ2v) is 42.5. The van der Waals surface area contributed by atoms with Gasteiger partial charge in [-0.25, -0.2) is 0 Å². The topological polar surface area (TPSA) is 38.1 Å². The molecule has 22 aromatic carbocycles. The third-order valence-corrected chi connectivity index (χ3v) is 36.0. The van der Waals surface area contributed by atoms with Crippen molar-refractivity contribution in [3.63, 3.8) is 0 Å². The molecule has 670 valence electrons. The minimum absolute atomic E-state index is 0.555. The first-order valence-corrected chi connectivity index (χ1v) is 52.0. The summed E-state index contributed by atoms with van der Waals surface area (Å²) in [5, 5.41) is 4.54. The molecule has 2 atom stereocenters. The van der Waals surface area contributed by atoms with Crippen molar-refractivity contribution in [2.45, 2.75) is 41.2 Å². The fraction of sp³-hybridized carbons (Fsp3) is 0.0294. The molecule has 32 rings (SSSR count). The van der Waals surface area contributed by atoms with Gasteiger partial charge in [-0.05, 0) is 291 Å². The summed E-state index contributed by atoms with van der Waals surface area (Å²) in [7, 11) is 0. The number of para-hydroxylation sites is 4. The molecule has 0 bridgehead atoms. The molecule has 8 aliphatic rings. The normalized spacial score (nSPS) is 15.9. The van der Waals surface area contributed by atoms with Gasteiger partial charge in [0.05, 0.1) is 44.1 Å². The Kier molecular flexibility index (Phi) is 16.9. The van der Waals surface area contributed by atoms with Gasteiger partial charge in [-0.3, -0.25) is 0 Å². The van der Waals surface area contributed by atoms with E-state index in [4.69, 9.17) is 13.9 Å². The minimum Gasteiger partial charge on any atom is -0.457 e. The van der Waals surface area contributed by atoms with Crippen LogP contribution >= 0.6 is 34.9 Å². The van der Waals surface area contributed by atoms with Crippen LogP contribution in [0, 0.1) is 0 Å². The molecule has 144 heavy (non-hydrogen) atoms. The smallest absolute Gasteiger partial charge is 0.137 e. The van der Waals surface area contributed by atoms with Gasteiger partial charge in [0.2, 0.25) is 0 Å². The van der Waals surface area contributed by atoms with Crippen molar-refractivity contribution in [2.24, 2.45) is 0 Å². The maximum absolute atomic E-state index is 7.35. The van der Waals surface area contributed by atoms with Gasteiger partial charge in [0, 0.05) is 90.0 Å². The molecule has 0 radical (unpaired) electrons. The number of benzene rings is 22. The molecule has 4 spiro atoms. The molecular formula is C136H80N2O3S3. The van der Waals surface area contributed by atoms with Crippen LogP contribution in [0.1, 0.15) is 89.0 Å². The quantitative estimate of drug-likeness (QED) is 0.143.